The number of hydrogen-bond acceptors (Lipinski definition) is 2. The van der Waals surface area contributed by atoms with Gasteiger partial charge >= 0.3 is 0 Å². The summed E-state index contributed by atoms with van der Waals surface area (Å²) in [4.78, 5) is 1.08. The average Bonchev–Trinajstić information content (AvgIpc) is 2.77. The molecular formula is C14H14ClF2NS. The minimum Gasteiger partial charge on any atom is -0.306 e. The van der Waals surface area contributed by atoms with Gasteiger partial charge in [-0.3, -0.25) is 0 Å². The first kappa shape index (κ1) is 14.4. The van der Waals surface area contributed by atoms with Crippen molar-refractivity contribution in [2.45, 2.75) is 19.9 Å². The van der Waals surface area contributed by atoms with Crippen molar-refractivity contribution in [3.05, 3.63) is 56.2 Å². The fraction of sp³-hybridized carbons (Fsp3) is 0.286. The van der Waals surface area contributed by atoms with Crippen LogP contribution in [-0.2, 0) is 0 Å². The van der Waals surface area contributed by atoms with E-state index in [2.05, 4.69) is 5.32 Å². The molecule has 1 N–H and O–H groups in total. The Balaban J connectivity index is 2.51. The lowest BCUT2D eigenvalue weighted by atomic mass is 9.98. The normalized spacial score (nSPS) is 12.7. The highest BCUT2D eigenvalue weighted by Gasteiger charge is 2.21. The highest BCUT2D eigenvalue weighted by molar-refractivity contribution is 7.10. The molecule has 0 saturated heterocycles. The highest BCUT2D eigenvalue weighted by Crippen LogP contribution is 2.31. The Morgan fingerprint density at radius 1 is 1.26 bits per heavy atom. The maximum Gasteiger partial charge on any atom is 0.142 e. The van der Waals surface area contributed by atoms with Gasteiger partial charge in [-0.2, -0.15) is 0 Å². The van der Waals surface area contributed by atoms with Gasteiger partial charge in [-0.15, -0.1) is 11.3 Å². The summed E-state index contributed by atoms with van der Waals surface area (Å²) < 4.78 is 27.6. The first-order chi connectivity index (χ1) is 9.04. The molecule has 0 radical (unpaired) electrons. The predicted molar refractivity (Wildman–Crippen MR) is 75.9 cm³/mol. The molecule has 0 spiro atoms. The van der Waals surface area contributed by atoms with Gasteiger partial charge in [0.2, 0.25) is 0 Å². The van der Waals surface area contributed by atoms with E-state index in [0.717, 1.165) is 16.5 Å². The fourth-order valence-corrected chi connectivity index (χ4v) is 2.94. The van der Waals surface area contributed by atoms with Crippen molar-refractivity contribution >= 4 is 22.9 Å². The van der Waals surface area contributed by atoms with Crippen molar-refractivity contribution in [1.82, 2.24) is 5.32 Å². The van der Waals surface area contributed by atoms with Crippen molar-refractivity contribution in [1.29, 1.82) is 0 Å². The van der Waals surface area contributed by atoms with Gasteiger partial charge in [0.1, 0.15) is 11.6 Å². The van der Waals surface area contributed by atoms with Crippen molar-refractivity contribution in [2.24, 2.45) is 0 Å². The number of rotatable bonds is 4. The van der Waals surface area contributed by atoms with Crippen LogP contribution in [0.3, 0.4) is 0 Å². The van der Waals surface area contributed by atoms with Crippen LogP contribution in [-0.4, -0.2) is 6.54 Å². The predicted octanol–water partition coefficient (Wildman–Crippen LogP) is 4.69. The van der Waals surface area contributed by atoms with E-state index in [1.807, 2.05) is 25.3 Å². The molecule has 1 atom stereocenters. The maximum absolute atomic E-state index is 14.0. The van der Waals surface area contributed by atoms with Crippen LogP contribution in [0.1, 0.15) is 29.0 Å². The Hall–Kier alpha value is -0.970. The van der Waals surface area contributed by atoms with Crippen LogP contribution in [0.5, 0.6) is 0 Å². The first-order valence-corrected chi connectivity index (χ1v) is 7.22. The summed E-state index contributed by atoms with van der Waals surface area (Å²) in [6, 6.07) is 3.77. The molecule has 1 heterocycles. The lowest BCUT2D eigenvalue weighted by Gasteiger charge is -2.19. The standard InChI is InChI=1S/C14H14ClF2NS/c1-3-18-14(9-4-5-19-8(9)2)10-6-13(17)11(15)7-12(10)16/h4-7,14,18H,3H2,1-2H3. The molecule has 0 fully saturated rings. The second kappa shape index (κ2) is 5.99. The molecule has 1 unspecified atom stereocenters. The van der Waals surface area contributed by atoms with Crippen LogP contribution in [0, 0.1) is 18.6 Å². The zero-order chi connectivity index (χ0) is 14.0. The summed E-state index contributed by atoms with van der Waals surface area (Å²) in [7, 11) is 0. The number of hydrogen-bond donors (Lipinski definition) is 1. The van der Waals surface area contributed by atoms with Crippen LogP contribution in [0.15, 0.2) is 23.6 Å². The number of nitrogens with one attached hydrogen (secondary N) is 1. The second-order valence-corrected chi connectivity index (χ2v) is 5.74. The summed E-state index contributed by atoms with van der Waals surface area (Å²) >= 11 is 7.17. The number of benzene rings is 1. The molecular weight excluding hydrogens is 288 g/mol. The van der Waals surface area contributed by atoms with Crippen molar-refractivity contribution in [3.63, 3.8) is 0 Å². The molecule has 0 aliphatic heterocycles. The molecule has 1 aromatic carbocycles. The largest absolute Gasteiger partial charge is 0.306 e. The van der Waals surface area contributed by atoms with E-state index in [9.17, 15) is 8.78 Å². The van der Waals surface area contributed by atoms with Gasteiger partial charge < -0.3 is 5.32 Å². The molecule has 2 aromatic rings. The third-order valence-electron chi connectivity index (χ3n) is 2.97. The van der Waals surface area contributed by atoms with Gasteiger partial charge in [-0.1, -0.05) is 18.5 Å². The Bertz CT molecular complexity index is 583. The smallest absolute Gasteiger partial charge is 0.142 e. The lowest BCUT2D eigenvalue weighted by molar-refractivity contribution is 0.545. The molecule has 19 heavy (non-hydrogen) atoms. The molecule has 0 aliphatic carbocycles. The third-order valence-corrected chi connectivity index (χ3v) is 4.12. The van der Waals surface area contributed by atoms with Crippen molar-refractivity contribution < 1.29 is 8.78 Å². The highest BCUT2D eigenvalue weighted by atomic mass is 35.5. The van der Waals surface area contributed by atoms with E-state index in [1.165, 1.54) is 6.07 Å². The zero-order valence-electron chi connectivity index (χ0n) is 10.6. The molecule has 0 saturated carbocycles. The Labute approximate surface area is 120 Å². The zero-order valence-corrected chi connectivity index (χ0v) is 12.2. The van der Waals surface area contributed by atoms with E-state index in [0.29, 0.717) is 6.54 Å². The number of halogens is 3. The van der Waals surface area contributed by atoms with E-state index < -0.39 is 11.6 Å². The summed E-state index contributed by atoms with van der Waals surface area (Å²) in [5.41, 5.74) is 1.25. The Kier molecular flexibility index (Phi) is 4.55. The minimum absolute atomic E-state index is 0.196. The molecule has 1 aromatic heterocycles. The molecule has 5 heteroatoms. The van der Waals surface area contributed by atoms with Gasteiger partial charge in [-0.25, -0.2) is 8.78 Å². The van der Waals surface area contributed by atoms with E-state index in [1.54, 1.807) is 11.3 Å². The molecule has 2 rings (SSSR count). The quantitative estimate of drug-likeness (QED) is 0.808. The summed E-state index contributed by atoms with van der Waals surface area (Å²) in [5.74, 6) is -1.10. The Morgan fingerprint density at radius 2 is 2.00 bits per heavy atom. The maximum atomic E-state index is 14.0. The van der Waals surface area contributed by atoms with E-state index >= 15 is 0 Å². The van der Waals surface area contributed by atoms with Crippen LogP contribution in [0.2, 0.25) is 5.02 Å². The number of thiophene rings is 1. The van der Waals surface area contributed by atoms with Crippen LogP contribution < -0.4 is 5.32 Å². The van der Waals surface area contributed by atoms with Crippen molar-refractivity contribution in [2.75, 3.05) is 6.54 Å². The third kappa shape index (κ3) is 2.96. The van der Waals surface area contributed by atoms with Crippen LogP contribution in [0.4, 0.5) is 8.78 Å². The molecule has 1 nitrogen and oxygen atoms in total. The lowest BCUT2D eigenvalue weighted by Crippen LogP contribution is -2.23. The van der Waals surface area contributed by atoms with E-state index in [4.69, 9.17) is 11.6 Å². The second-order valence-electron chi connectivity index (χ2n) is 4.21. The van der Waals surface area contributed by atoms with Crippen LogP contribution in [0.25, 0.3) is 0 Å². The molecule has 0 bridgehead atoms. The van der Waals surface area contributed by atoms with Gasteiger partial charge in [0.05, 0.1) is 11.1 Å². The summed E-state index contributed by atoms with van der Waals surface area (Å²) in [5, 5.41) is 4.93. The van der Waals surface area contributed by atoms with Crippen LogP contribution >= 0.6 is 22.9 Å². The molecule has 102 valence electrons. The van der Waals surface area contributed by atoms with Gasteiger partial charge in [0.25, 0.3) is 0 Å². The summed E-state index contributed by atoms with van der Waals surface area (Å²) in [6.45, 7) is 4.55. The number of aryl methyl sites for hydroxylation is 1. The van der Waals surface area contributed by atoms with Crippen molar-refractivity contribution in [3.8, 4) is 0 Å². The molecule has 0 amide bonds. The van der Waals surface area contributed by atoms with Gasteiger partial charge in [0, 0.05) is 10.4 Å². The van der Waals surface area contributed by atoms with E-state index in [-0.39, 0.29) is 16.6 Å². The molecule has 0 aliphatic rings. The van der Waals surface area contributed by atoms with Gasteiger partial charge in [-0.05, 0) is 42.6 Å². The fourth-order valence-electron chi connectivity index (χ4n) is 2.05. The first-order valence-electron chi connectivity index (χ1n) is 5.96. The monoisotopic (exact) mass is 301 g/mol. The topological polar surface area (TPSA) is 12.0 Å². The Morgan fingerprint density at radius 3 is 2.58 bits per heavy atom. The minimum atomic E-state index is -0.603. The van der Waals surface area contributed by atoms with Gasteiger partial charge in [0.15, 0.2) is 0 Å². The average molecular weight is 302 g/mol. The SMILES string of the molecule is CCNC(c1cc(F)c(Cl)cc1F)c1ccsc1C. The summed E-state index contributed by atoms with van der Waals surface area (Å²) in [6.07, 6.45) is 0.